The van der Waals surface area contributed by atoms with Crippen molar-refractivity contribution >= 4 is 23.0 Å². The van der Waals surface area contributed by atoms with Gasteiger partial charge in [-0.15, -0.1) is 0 Å². The number of benzene rings is 2. The topological polar surface area (TPSA) is 24.5 Å². The Hall–Kier alpha value is -2.07. The van der Waals surface area contributed by atoms with E-state index in [9.17, 15) is 0 Å². The van der Waals surface area contributed by atoms with Crippen LogP contribution in [0, 0.1) is 0 Å². The van der Waals surface area contributed by atoms with Gasteiger partial charge in [-0.2, -0.15) is 0 Å². The lowest BCUT2D eigenvalue weighted by Crippen LogP contribution is -2.42. The molecule has 2 aromatic rings. The SMILES string of the molecule is COc1ccc(N(Cc2ccc(C(C)C)cc2)C(=S)NC(C)C)cc1. The van der Waals surface area contributed by atoms with E-state index in [1.807, 2.05) is 24.3 Å². The molecule has 0 heterocycles. The molecule has 0 saturated heterocycles. The third-order valence-electron chi connectivity index (χ3n) is 4.03. The molecule has 2 rings (SSSR count). The summed E-state index contributed by atoms with van der Waals surface area (Å²) >= 11 is 5.64. The third-order valence-corrected chi connectivity index (χ3v) is 4.37. The summed E-state index contributed by atoms with van der Waals surface area (Å²) in [7, 11) is 1.67. The van der Waals surface area contributed by atoms with Gasteiger partial charge in [0.05, 0.1) is 13.7 Å². The molecule has 0 fully saturated rings. The summed E-state index contributed by atoms with van der Waals surface area (Å²) in [5.74, 6) is 1.38. The fraction of sp³-hybridized carbons (Fsp3) is 0.381. The maximum absolute atomic E-state index is 5.64. The Kier molecular flexibility index (Phi) is 6.82. The van der Waals surface area contributed by atoms with Gasteiger partial charge in [-0.25, -0.2) is 0 Å². The fourth-order valence-corrected chi connectivity index (χ4v) is 2.96. The monoisotopic (exact) mass is 356 g/mol. The number of anilines is 1. The molecule has 0 atom stereocenters. The van der Waals surface area contributed by atoms with Crippen molar-refractivity contribution in [3.8, 4) is 5.75 Å². The zero-order valence-electron chi connectivity index (χ0n) is 15.7. The lowest BCUT2D eigenvalue weighted by molar-refractivity contribution is 0.415. The Morgan fingerprint density at radius 3 is 2.08 bits per heavy atom. The molecule has 1 N–H and O–H groups in total. The lowest BCUT2D eigenvalue weighted by Gasteiger charge is -2.27. The van der Waals surface area contributed by atoms with E-state index in [1.165, 1.54) is 11.1 Å². The van der Waals surface area contributed by atoms with Gasteiger partial charge in [0.2, 0.25) is 0 Å². The Bertz CT molecular complexity index is 678. The molecular weight excluding hydrogens is 328 g/mol. The molecule has 2 aromatic carbocycles. The van der Waals surface area contributed by atoms with E-state index >= 15 is 0 Å². The van der Waals surface area contributed by atoms with Crippen LogP contribution in [0.5, 0.6) is 5.75 Å². The summed E-state index contributed by atoms with van der Waals surface area (Å²) < 4.78 is 5.26. The third kappa shape index (κ3) is 5.46. The van der Waals surface area contributed by atoms with Gasteiger partial charge < -0.3 is 15.0 Å². The highest BCUT2D eigenvalue weighted by atomic mass is 32.1. The first-order chi connectivity index (χ1) is 11.9. The lowest BCUT2D eigenvalue weighted by atomic mass is 10.0. The van der Waals surface area contributed by atoms with E-state index in [0.717, 1.165) is 23.1 Å². The van der Waals surface area contributed by atoms with Gasteiger partial charge in [-0.1, -0.05) is 38.1 Å². The van der Waals surface area contributed by atoms with Crippen LogP contribution in [0.3, 0.4) is 0 Å². The molecule has 25 heavy (non-hydrogen) atoms. The first-order valence-corrected chi connectivity index (χ1v) is 9.12. The van der Waals surface area contributed by atoms with Crippen LogP contribution in [0.4, 0.5) is 5.69 Å². The van der Waals surface area contributed by atoms with E-state index in [4.69, 9.17) is 17.0 Å². The number of ether oxygens (including phenoxy) is 1. The van der Waals surface area contributed by atoms with E-state index < -0.39 is 0 Å². The maximum Gasteiger partial charge on any atom is 0.173 e. The molecule has 0 unspecified atom stereocenters. The predicted molar refractivity (Wildman–Crippen MR) is 111 cm³/mol. The molecule has 0 bridgehead atoms. The average molecular weight is 357 g/mol. The molecule has 0 amide bonds. The average Bonchev–Trinajstić information content (AvgIpc) is 2.59. The zero-order valence-corrected chi connectivity index (χ0v) is 16.6. The van der Waals surface area contributed by atoms with Crippen molar-refractivity contribution in [1.29, 1.82) is 0 Å². The van der Waals surface area contributed by atoms with Crippen LogP contribution in [0.25, 0.3) is 0 Å². The van der Waals surface area contributed by atoms with Gasteiger partial charge in [0, 0.05) is 11.7 Å². The summed E-state index contributed by atoms with van der Waals surface area (Å²) in [5, 5.41) is 4.08. The van der Waals surface area contributed by atoms with Gasteiger partial charge in [0.1, 0.15) is 5.75 Å². The zero-order chi connectivity index (χ0) is 18.4. The number of methoxy groups -OCH3 is 1. The van der Waals surface area contributed by atoms with Crippen LogP contribution in [-0.4, -0.2) is 18.3 Å². The highest BCUT2D eigenvalue weighted by Gasteiger charge is 2.14. The molecule has 3 nitrogen and oxygen atoms in total. The van der Waals surface area contributed by atoms with Crippen LogP contribution < -0.4 is 15.0 Å². The highest BCUT2D eigenvalue weighted by molar-refractivity contribution is 7.80. The van der Waals surface area contributed by atoms with Crippen molar-refractivity contribution in [2.24, 2.45) is 0 Å². The molecule has 0 spiro atoms. The van der Waals surface area contributed by atoms with Crippen molar-refractivity contribution in [3.63, 3.8) is 0 Å². The van der Waals surface area contributed by atoms with E-state index in [2.05, 4.69) is 62.2 Å². The largest absolute Gasteiger partial charge is 0.497 e. The Balaban J connectivity index is 2.25. The summed E-state index contributed by atoms with van der Waals surface area (Å²) in [4.78, 5) is 2.12. The van der Waals surface area contributed by atoms with Crippen LogP contribution in [0.1, 0.15) is 44.7 Å². The summed E-state index contributed by atoms with van der Waals surface area (Å²) in [6.07, 6.45) is 0. The number of hydrogen-bond donors (Lipinski definition) is 1. The number of hydrogen-bond acceptors (Lipinski definition) is 2. The second kappa shape index (κ2) is 8.86. The minimum Gasteiger partial charge on any atom is -0.497 e. The number of nitrogens with zero attached hydrogens (tertiary/aromatic N) is 1. The van der Waals surface area contributed by atoms with Crippen molar-refractivity contribution in [2.75, 3.05) is 12.0 Å². The number of thiocarbonyl (C=S) groups is 1. The van der Waals surface area contributed by atoms with Crippen LogP contribution in [0.2, 0.25) is 0 Å². The minimum atomic E-state index is 0.288. The van der Waals surface area contributed by atoms with Crippen molar-refractivity contribution < 1.29 is 4.74 Å². The molecule has 0 aromatic heterocycles. The summed E-state index contributed by atoms with van der Waals surface area (Å²) in [5.41, 5.74) is 3.63. The van der Waals surface area contributed by atoms with E-state index in [1.54, 1.807) is 7.11 Å². The molecule has 0 radical (unpaired) electrons. The normalized spacial score (nSPS) is 10.8. The summed E-state index contributed by atoms with van der Waals surface area (Å²) in [6.45, 7) is 9.33. The molecular formula is C21H28N2OS. The molecule has 4 heteroatoms. The minimum absolute atomic E-state index is 0.288. The predicted octanol–water partition coefficient (Wildman–Crippen LogP) is 5.11. The van der Waals surface area contributed by atoms with Gasteiger partial charge in [-0.05, 0) is 67.4 Å². The smallest absolute Gasteiger partial charge is 0.173 e. The second-order valence-electron chi connectivity index (χ2n) is 6.78. The first kappa shape index (κ1) is 19.3. The highest BCUT2D eigenvalue weighted by Crippen LogP contribution is 2.22. The number of rotatable bonds is 6. The van der Waals surface area contributed by atoms with Crippen molar-refractivity contribution in [1.82, 2.24) is 5.32 Å². The quantitative estimate of drug-likeness (QED) is 0.727. The Labute approximate surface area is 157 Å². The number of nitrogens with one attached hydrogen (secondary N) is 1. The van der Waals surface area contributed by atoms with E-state index in [0.29, 0.717) is 5.92 Å². The van der Waals surface area contributed by atoms with Crippen molar-refractivity contribution in [3.05, 3.63) is 59.7 Å². The molecule has 0 aliphatic carbocycles. The molecule has 134 valence electrons. The van der Waals surface area contributed by atoms with Crippen LogP contribution in [-0.2, 0) is 6.54 Å². The van der Waals surface area contributed by atoms with Gasteiger partial charge in [-0.3, -0.25) is 0 Å². The summed E-state index contributed by atoms with van der Waals surface area (Å²) in [6, 6.07) is 17.1. The van der Waals surface area contributed by atoms with E-state index in [-0.39, 0.29) is 6.04 Å². The standard InChI is InChI=1S/C21H28N2OS/c1-15(2)18-8-6-17(7-9-18)14-23(21(25)22-16(3)4)19-10-12-20(24-5)13-11-19/h6-13,15-16H,14H2,1-5H3,(H,22,25). The molecule has 0 aliphatic heterocycles. The molecule has 0 aliphatic rings. The van der Waals surface area contributed by atoms with Crippen LogP contribution >= 0.6 is 12.2 Å². The Morgan fingerprint density at radius 2 is 1.60 bits per heavy atom. The van der Waals surface area contributed by atoms with Gasteiger partial charge >= 0.3 is 0 Å². The second-order valence-corrected chi connectivity index (χ2v) is 7.17. The van der Waals surface area contributed by atoms with Gasteiger partial charge in [0.25, 0.3) is 0 Å². The fourth-order valence-electron chi connectivity index (χ4n) is 2.56. The van der Waals surface area contributed by atoms with Crippen LogP contribution in [0.15, 0.2) is 48.5 Å². The molecule has 0 saturated carbocycles. The van der Waals surface area contributed by atoms with Gasteiger partial charge in [0.15, 0.2) is 5.11 Å². The Morgan fingerprint density at radius 1 is 1.00 bits per heavy atom. The van der Waals surface area contributed by atoms with Crippen molar-refractivity contribution in [2.45, 2.75) is 46.2 Å². The first-order valence-electron chi connectivity index (χ1n) is 8.71. The maximum atomic E-state index is 5.64.